The second kappa shape index (κ2) is 6.75. The van der Waals surface area contributed by atoms with E-state index in [2.05, 4.69) is 5.10 Å². The molecular weight excluding hydrogens is 367 g/mol. The van der Waals surface area contributed by atoms with E-state index in [1.54, 1.807) is 16.8 Å². The SMILES string of the molecule is Cc1nn(-c2cccc(Cl)c2)c(Cl)c1/C=C1\CCc2ccccc2C1=O. The molecule has 0 amide bonds. The van der Waals surface area contributed by atoms with Gasteiger partial charge in [-0.1, -0.05) is 53.5 Å². The van der Waals surface area contributed by atoms with Crippen LogP contribution in [0.2, 0.25) is 10.2 Å². The highest BCUT2D eigenvalue weighted by molar-refractivity contribution is 6.32. The number of carbonyl (C=O) groups excluding carboxylic acids is 1. The fraction of sp³-hybridized carbons (Fsp3) is 0.143. The predicted octanol–water partition coefficient (Wildman–Crippen LogP) is 5.70. The van der Waals surface area contributed by atoms with Crippen LogP contribution in [0, 0.1) is 6.92 Å². The van der Waals surface area contributed by atoms with Crippen molar-refractivity contribution in [3.63, 3.8) is 0 Å². The Kier molecular flexibility index (Phi) is 4.43. The number of carbonyl (C=O) groups is 1. The van der Waals surface area contributed by atoms with E-state index in [0.717, 1.165) is 40.1 Å². The van der Waals surface area contributed by atoms with Crippen molar-refractivity contribution < 1.29 is 4.79 Å². The number of aromatic nitrogens is 2. The Bertz CT molecular complexity index is 1050. The number of fused-ring (bicyclic) bond motifs is 1. The molecule has 0 spiro atoms. The molecule has 3 aromatic rings. The fourth-order valence-corrected chi connectivity index (χ4v) is 3.79. The second-order valence-corrected chi connectivity index (χ2v) is 7.13. The van der Waals surface area contributed by atoms with Gasteiger partial charge in [0.15, 0.2) is 5.78 Å². The van der Waals surface area contributed by atoms with Crippen LogP contribution in [0.3, 0.4) is 0 Å². The first-order valence-electron chi connectivity index (χ1n) is 8.39. The minimum Gasteiger partial charge on any atom is -0.289 e. The molecule has 0 saturated heterocycles. The molecule has 1 aliphatic carbocycles. The van der Waals surface area contributed by atoms with E-state index >= 15 is 0 Å². The largest absolute Gasteiger partial charge is 0.289 e. The molecule has 3 nitrogen and oxygen atoms in total. The molecule has 26 heavy (non-hydrogen) atoms. The lowest BCUT2D eigenvalue weighted by molar-refractivity contribution is 0.102. The normalized spacial score (nSPS) is 15.3. The van der Waals surface area contributed by atoms with E-state index in [0.29, 0.717) is 16.6 Å². The highest BCUT2D eigenvalue weighted by Crippen LogP contribution is 2.31. The molecule has 0 fully saturated rings. The average molecular weight is 383 g/mol. The number of rotatable bonds is 2. The zero-order valence-corrected chi connectivity index (χ0v) is 15.7. The van der Waals surface area contributed by atoms with E-state index < -0.39 is 0 Å². The molecule has 0 N–H and O–H groups in total. The number of hydrogen-bond donors (Lipinski definition) is 0. The van der Waals surface area contributed by atoms with Gasteiger partial charge >= 0.3 is 0 Å². The van der Waals surface area contributed by atoms with Gasteiger partial charge in [-0.05, 0) is 49.6 Å². The van der Waals surface area contributed by atoms with Crippen molar-refractivity contribution in [2.75, 3.05) is 0 Å². The molecule has 0 aliphatic heterocycles. The summed E-state index contributed by atoms with van der Waals surface area (Å²) in [5.74, 6) is 0.0674. The van der Waals surface area contributed by atoms with Gasteiger partial charge in [0.1, 0.15) is 5.15 Å². The number of aryl methyl sites for hydroxylation is 2. The summed E-state index contributed by atoms with van der Waals surface area (Å²) in [6.45, 7) is 1.89. The molecule has 0 radical (unpaired) electrons. The smallest absolute Gasteiger partial charge is 0.189 e. The van der Waals surface area contributed by atoms with E-state index in [-0.39, 0.29) is 5.78 Å². The molecule has 130 valence electrons. The van der Waals surface area contributed by atoms with E-state index in [4.69, 9.17) is 23.2 Å². The van der Waals surface area contributed by atoms with Crippen LogP contribution in [0.25, 0.3) is 11.8 Å². The van der Waals surface area contributed by atoms with Crippen molar-refractivity contribution in [3.05, 3.63) is 86.7 Å². The molecule has 1 heterocycles. The Morgan fingerprint density at radius 2 is 1.88 bits per heavy atom. The van der Waals surface area contributed by atoms with Crippen LogP contribution in [0.15, 0.2) is 54.1 Å². The van der Waals surface area contributed by atoms with Gasteiger partial charge in [-0.15, -0.1) is 0 Å². The summed E-state index contributed by atoms with van der Waals surface area (Å²) >= 11 is 12.7. The number of halogens is 2. The Morgan fingerprint density at radius 1 is 1.08 bits per heavy atom. The zero-order valence-electron chi connectivity index (χ0n) is 14.2. The van der Waals surface area contributed by atoms with Gasteiger partial charge in [-0.3, -0.25) is 4.79 Å². The average Bonchev–Trinajstić information content (AvgIpc) is 2.92. The molecule has 0 atom stereocenters. The van der Waals surface area contributed by atoms with E-state index in [9.17, 15) is 4.79 Å². The van der Waals surface area contributed by atoms with Gasteiger partial charge in [0.2, 0.25) is 0 Å². The third-order valence-electron chi connectivity index (χ3n) is 4.64. The minimum atomic E-state index is 0.0674. The summed E-state index contributed by atoms with van der Waals surface area (Å²) in [6, 6.07) is 15.1. The predicted molar refractivity (Wildman–Crippen MR) is 105 cm³/mol. The van der Waals surface area contributed by atoms with Crippen LogP contribution in [0.4, 0.5) is 0 Å². The molecule has 5 heteroatoms. The summed E-state index contributed by atoms with van der Waals surface area (Å²) in [5.41, 5.74) is 4.98. The van der Waals surface area contributed by atoms with Gasteiger partial charge in [-0.2, -0.15) is 5.10 Å². The summed E-state index contributed by atoms with van der Waals surface area (Å²) < 4.78 is 1.65. The van der Waals surface area contributed by atoms with Crippen molar-refractivity contribution in [3.8, 4) is 5.69 Å². The minimum absolute atomic E-state index is 0.0674. The quantitative estimate of drug-likeness (QED) is 0.532. The third kappa shape index (κ3) is 2.98. The van der Waals surface area contributed by atoms with Gasteiger partial charge < -0.3 is 0 Å². The van der Waals surface area contributed by atoms with E-state index in [1.165, 1.54) is 0 Å². The van der Waals surface area contributed by atoms with Gasteiger partial charge in [0, 0.05) is 21.7 Å². The first-order valence-corrected chi connectivity index (χ1v) is 9.14. The Labute approximate surface area is 161 Å². The highest BCUT2D eigenvalue weighted by atomic mass is 35.5. The lowest BCUT2D eigenvalue weighted by atomic mass is 9.86. The van der Waals surface area contributed by atoms with Gasteiger partial charge in [-0.25, -0.2) is 4.68 Å². The summed E-state index contributed by atoms with van der Waals surface area (Å²) in [4.78, 5) is 12.8. The zero-order chi connectivity index (χ0) is 18.3. The fourth-order valence-electron chi connectivity index (χ4n) is 3.28. The number of allylic oxidation sites excluding steroid dienone is 1. The first-order chi connectivity index (χ1) is 12.5. The first kappa shape index (κ1) is 17.1. The summed E-state index contributed by atoms with van der Waals surface area (Å²) in [5, 5.41) is 5.62. The topological polar surface area (TPSA) is 34.9 Å². The molecule has 0 bridgehead atoms. The lowest BCUT2D eigenvalue weighted by Gasteiger charge is -2.17. The van der Waals surface area contributed by atoms with Gasteiger partial charge in [0.05, 0.1) is 11.4 Å². The Balaban J connectivity index is 1.76. The molecule has 1 aromatic heterocycles. The lowest BCUT2D eigenvalue weighted by Crippen LogP contribution is -2.13. The number of benzene rings is 2. The monoisotopic (exact) mass is 382 g/mol. The molecular formula is C21H16Cl2N2O. The van der Waals surface area contributed by atoms with Crippen LogP contribution in [-0.4, -0.2) is 15.6 Å². The number of ketones is 1. The van der Waals surface area contributed by atoms with Crippen LogP contribution in [0.1, 0.15) is 33.6 Å². The maximum Gasteiger partial charge on any atom is 0.189 e. The van der Waals surface area contributed by atoms with Crippen molar-refractivity contribution in [2.45, 2.75) is 19.8 Å². The number of Topliss-reactive ketones (excluding diaryl/α,β-unsaturated/α-hetero) is 1. The van der Waals surface area contributed by atoms with Crippen LogP contribution in [-0.2, 0) is 6.42 Å². The Hall–Kier alpha value is -2.36. The second-order valence-electron chi connectivity index (χ2n) is 6.34. The van der Waals surface area contributed by atoms with E-state index in [1.807, 2.05) is 49.4 Å². The standard InChI is InChI=1S/C21H16Cl2N2O/c1-13-19(21(23)25(24-13)17-7-4-6-16(22)12-17)11-15-10-9-14-5-2-3-8-18(14)20(15)26/h2-8,11-12H,9-10H2,1H3/b15-11+. The maximum absolute atomic E-state index is 12.8. The summed E-state index contributed by atoms with van der Waals surface area (Å²) in [7, 11) is 0. The third-order valence-corrected chi connectivity index (χ3v) is 5.24. The van der Waals surface area contributed by atoms with Crippen molar-refractivity contribution in [2.24, 2.45) is 0 Å². The van der Waals surface area contributed by atoms with Crippen LogP contribution >= 0.6 is 23.2 Å². The van der Waals surface area contributed by atoms with Crippen molar-refractivity contribution >= 4 is 35.1 Å². The highest BCUT2D eigenvalue weighted by Gasteiger charge is 2.23. The number of nitrogens with zero attached hydrogens (tertiary/aromatic N) is 2. The maximum atomic E-state index is 12.8. The number of hydrogen-bond acceptors (Lipinski definition) is 2. The summed E-state index contributed by atoms with van der Waals surface area (Å²) in [6.07, 6.45) is 3.44. The van der Waals surface area contributed by atoms with Crippen molar-refractivity contribution in [1.82, 2.24) is 9.78 Å². The molecule has 4 rings (SSSR count). The van der Waals surface area contributed by atoms with Crippen LogP contribution in [0.5, 0.6) is 0 Å². The van der Waals surface area contributed by atoms with Crippen LogP contribution < -0.4 is 0 Å². The Morgan fingerprint density at radius 3 is 2.69 bits per heavy atom. The molecule has 2 aromatic carbocycles. The van der Waals surface area contributed by atoms with Gasteiger partial charge in [0.25, 0.3) is 0 Å². The molecule has 1 aliphatic rings. The molecule has 0 saturated carbocycles. The molecule has 0 unspecified atom stereocenters. The van der Waals surface area contributed by atoms with Crippen molar-refractivity contribution in [1.29, 1.82) is 0 Å².